The van der Waals surface area contributed by atoms with Gasteiger partial charge in [0.15, 0.2) is 0 Å². The minimum Gasteiger partial charge on any atom is -0.309 e. The predicted molar refractivity (Wildman–Crippen MR) is 248 cm³/mol. The molecule has 13 aromatic rings. The lowest BCUT2D eigenvalue weighted by Crippen LogP contribution is -1.94. The first kappa shape index (κ1) is 31.8. The Kier molecular flexibility index (Phi) is 6.60. The maximum atomic E-state index is 2.49. The summed E-state index contributed by atoms with van der Waals surface area (Å²) < 4.78 is 9.96. The molecule has 0 aliphatic rings. The van der Waals surface area contributed by atoms with E-state index in [9.17, 15) is 0 Å². The van der Waals surface area contributed by atoms with E-state index in [4.69, 9.17) is 0 Å². The van der Waals surface area contributed by atoms with Gasteiger partial charge in [-0.05, 0) is 77.9 Å². The molecular formula is C54H33N3S. The fraction of sp³-hybridized carbons (Fsp3) is 0. The Bertz CT molecular complexity index is 3770. The fourth-order valence-corrected chi connectivity index (χ4v) is 11.1. The van der Waals surface area contributed by atoms with Crippen LogP contribution < -0.4 is 0 Å². The Morgan fingerprint density at radius 2 is 0.655 bits per heavy atom. The highest BCUT2D eigenvalue weighted by Gasteiger charge is 2.22. The zero-order valence-electron chi connectivity index (χ0n) is 31.3. The molecule has 4 aromatic heterocycles. The van der Waals surface area contributed by atoms with Gasteiger partial charge in [-0.1, -0.05) is 133 Å². The molecule has 0 fully saturated rings. The molecule has 4 heterocycles. The third kappa shape index (κ3) is 4.38. The zero-order valence-corrected chi connectivity index (χ0v) is 32.1. The monoisotopic (exact) mass is 755 g/mol. The van der Waals surface area contributed by atoms with Crippen molar-refractivity contribution in [2.24, 2.45) is 0 Å². The molecule has 9 aromatic carbocycles. The zero-order chi connectivity index (χ0) is 37.9. The minimum atomic E-state index is 1.16. The van der Waals surface area contributed by atoms with Crippen LogP contribution in [0, 0.1) is 0 Å². The molecule has 0 aliphatic carbocycles. The SMILES string of the molecule is c1ccc(-n2c3ccccc3c3cc(-c4ccc(-n5c6ccccc6c6ccc7c8ccc9c%10ccccc%10n(-c%10ccccc%10)c9c8sc7c65)cc4)ccc32)cc1. The van der Waals surface area contributed by atoms with Crippen molar-refractivity contribution in [2.45, 2.75) is 0 Å². The van der Waals surface area contributed by atoms with Crippen molar-refractivity contribution in [3.8, 4) is 28.2 Å². The summed E-state index contributed by atoms with van der Waals surface area (Å²) in [5.41, 5.74) is 13.3. The second-order valence-electron chi connectivity index (χ2n) is 15.3. The predicted octanol–water partition coefficient (Wildman–Crippen LogP) is 15.0. The van der Waals surface area contributed by atoms with Gasteiger partial charge >= 0.3 is 0 Å². The number of thiophene rings is 1. The number of fused-ring (bicyclic) bond motifs is 14. The van der Waals surface area contributed by atoms with Crippen LogP contribution in [0.25, 0.3) is 114 Å². The molecular weight excluding hydrogens is 723 g/mol. The van der Waals surface area contributed by atoms with E-state index < -0.39 is 0 Å². The van der Waals surface area contributed by atoms with Crippen molar-refractivity contribution >= 4 is 96.9 Å². The summed E-state index contributed by atoms with van der Waals surface area (Å²) in [6, 6.07) is 73.4. The largest absolute Gasteiger partial charge is 0.309 e. The third-order valence-electron chi connectivity index (χ3n) is 12.2. The molecule has 0 atom stereocenters. The lowest BCUT2D eigenvalue weighted by Gasteiger charge is -2.11. The topological polar surface area (TPSA) is 14.8 Å². The van der Waals surface area contributed by atoms with Crippen LogP contribution in [0.4, 0.5) is 0 Å². The van der Waals surface area contributed by atoms with Crippen molar-refractivity contribution < 1.29 is 0 Å². The van der Waals surface area contributed by atoms with Gasteiger partial charge in [-0.3, -0.25) is 0 Å². The highest BCUT2D eigenvalue weighted by Crippen LogP contribution is 2.47. The second-order valence-corrected chi connectivity index (χ2v) is 16.3. The maximum absolute atomic E-state index is 2.49. The minimum absolute atomic E-state index is 1.16. The second kappa shape index (κ2) is 12.1. The van der Waals surface area contributed by atoms with Crippen molar-refractivity contribution in [3.05, 3.63) is 200 Å². The van der Waals surface area contributed by atoms with Crippen LogP contribution in [0.3, 0.4) is 0 Å². The molecule has 0 bridgehead atoms. The van der Waals surface area contributed by atoms with Crippen molar-refractivity contribution in [3.63, 3.8) is 0 Å². The number of para-hydroxylation sites is 5. The number of benzene rings is 9. The van der Waals surface area contributed by atoms with E-state index in [1.807, 2.05) is 11.3 Å². The van der Waals surface area contributed by atoms with Gasteiger partial charge in [0.2, 0.25) is 0 Å². The standard InChI is InChI=1S/C54H33N3S/c1-3-13-36(14-4-1)55-47-20-10-9-19-41(47)46-33-35(25-32-50(46)55)34-23-26-38(27-24-34)57-49-22-12-8-18-40(49)43-29-31-45-44-30-28-42-39-17-7-11-21-48(39)56(37-15-5-2-6-16-37)51(42)53(44)58-54(45)52(43)57/h1-33H. The van der Waals surface area contributed by atoms with E-state index in [1.54, 1.807) is 0 Å². The van der Waals surface area contributed by atoms with Crippen LogP contribution in [0.5, 0.6) is 0 Å². The Balaban J connectivity index is 1.02. The summed E-state index contributed by atoms with van der Waals surface area (Å²) in [5, 5.41) is 10.2. The Labute approximate surface area is 337 Å². The lowest BCUT2D eigenvalue weighted by atomic mass is 10.0. The Hall–Kier alpha value is -7.40. The number of hydrogen-bond donors (Lipinski definition) is 0. The molecule has 0 amide bonds. The first-order valence-corrected chi connectivity index (χ1v) is 20.7. The van der Waals surface area contributed by atoms with E-state index in [2.05, 4.69) is 214 Å². The summed E-state index contributed by atoms with van der Waals surface area (Å²) in [6.07, 6.45) is 0. The number of nitrogens with zero attached hydrogens (tertiary/aromatic N) is 3. The molecule has 58 heavy (non-hydrogen) atoms. The van der Waals surface area contributed by atoms with Crippen LogP contribution in [0.1, 0.15) is 0 Å². The van der Waals surface area contributed by atoms with Crippen molar-refractivity contribution in [2.75, 3.05) is 0 Å². The number of rotatable bonds is 4. The summed E-state index contributed by atoms with van der Waals surface area (Å²) >= 11 is 1.93. The molecule has 0 saturated heterocycles. The van der Waals surface area contributed by atoms with Gasteiger partial charge in [-0.15, -0.1) is 11.3 Å². The van der Waals surface area contributed by atoms with Crippen LogP contribution in [0.2, 0.25) is 0 Å². The molecule has 0 unspecified atom stereocenters. The average Bonchev–Trinajstić information content (AvgIpc) is 4.03. The van der Waals surface area contributed by atoms with E-state index in [1.165, 1.54) is 108 Å². The molecule has 270 valence electrons. The highest BCUT2D eigenvalue weighted by molar-refractivity contribution is 7.27. The van der Waals surface area contributed by atoms with Crippen LogP contribution >= 0.6 is 11.3 Å². The maximum Gasteiger partial charge on any atom is 0.0719 e. The van der Waals surface area contributed by atoms with E-state index >= 15 is 0 Å². The van der Waals surface area contributed by atoms with Gasteiger partial charge in [0.05, 0.1) is 42.5 Å². The Morgan fingerprint density at radius 1 is 0.259 bits per heavy atom. The van der Waals surface area contributed by atoms with Gasteiger partial charge in [-0.25, -0.2) is 0 Å². The van der Waals surface area contributed by atoms with Crippen molar-refractivity contribution in [1.82, 2.24) is 13.7 Å². The first-order valence-electron chi connectivity index (χ1n) is 19.9. The molecule has 4 heteroatoms. The lowest BCUT2D eigenvalue weighted by molar-refractivity contribution is 1.18. The summed E-state index contributed by atoms with van der Waals surface area (Å²) in [5.74, 6) is 0. The third-order valence-corrected chi connectivity index (χ3v) is 13.5. The Morgan fingerprint density at radius 3 is 1.21 bits per heavy atom. The summed E-state index contributed by atoms with van der Waals surface area (Å²) in [7, 11) is 0. The van der Waals surface area contributed by atoms with Crippen LogP contribution in [-0.2, 0) is 0 Å². The normalized spacial score (nSPS) is 12.1. The first-order chi connectivity index (χ1) is 28.8. The molecule has 0 spiro atoms. The number of hydrogen-bond acceptors (Lipinski definition) is 1. The van der Waals surface area contributed by atoms with Gasteiger partial charge in [0.25, 0.3) is 0 Å². The van der Waals surface area contributed by atoms with Crippen LogP contribution in [-0.4, -0.2) is 13.7 Å². The smallest absolute Gasteiger partial charge is 0.0719 e. The molecule has 0 N–H and O–H groups in total. The van der Waals surface area contributed by atoms with E-state index in [0.717, 1.165) is 5.69 Å². The average molecular weight is 756 g/mol. The van der Waals surface area contributed by atoms with E-state index in [0.29, 0.717) is 0 Å². The van der Waals surface area contributed by atoms with E-state index in [-0.39, 0.29) is 0 Å². The molecule has 13 rings (SSSR count). The highest BCUT2D eigenvalue weighted by atomic mass is 32.1. The molecule has 0 aliphatic heterocycles. The van der Waals surface area contributed by atoms with Gasteiger partial charge in [0, 0.05) is 60.2 Å². The summed E-state index contributed by atoms with van der Waals surface area (Å²) in [4.78, 5) is 0. The number of aromatic nitrogens is 3. The molecule has 0 saturated carbocycles. The quantitative estimate of drug-likeness (QED) is 0.170. The fourth-order valence-electron chi connectivity index (χ4n) is 9.71. The van der Waals surface area contributed by atoms with Gasteiger partial charge < -0.3 is 13.7 Å². The van der Waals surface area contributed by atoms with Crippen LogP contribution in [0.15, 0.2) is 200 Å². The summed E-state index contributed by atoms with van der Waals surface area (Å²) in [6.45, 7) is 0. The van der Waals surface area contributed by atoms with Gasteiger partial charge in [0.1, 0.15) is 0 Å². The van der Waals surface area contributed by atoms with Gasteiger partial charge in [-0.2, -0.15) is 0 Å². The van der Waals surface area contributed by atoms with Crippen molar-refractivity contribution in [1.29, 1.82) is 0 Å². The molecule has 0 radical (unpaired) electrons. The molecule has 3 nitrogen and oxygen atoms in total.